The summed E-state index contributed by atoms with van der Waals surface area (Å²) in [6.45, 7) is 0.882. The van der Waals surface area contributed by atoms with Crippen molar-refractivity contribution in [1.29, 1.82) is 0 Å². The van der Waals surface area contributed by atoms with Gasteiger partial charge in [-0.25, -0.2) is 0 Å². The molecule has 0 spiro atoms. The molecule has 3 heteroatoms. The van der Waals surface area contributed by atoms with Crippen LogP contribution in [-0.4, -0.2) is 6.54 Å². The monoisotopic (exact) mass is 194 g/mol. The van der Waals surface area contributed by atoms with Crippen LogP contribution in [0.2, 0.25) is 5.02 Å². The minimum atomic E-state index is 0.386. The van der Waals surface area contributed by atoms with E-state index in [4.69, 9.17) is 17.3 Å². The van der Waals surface area contributed by atoms with Crippen LogP contribution in [0.25, 0.3) is 0 Å². The zero-order chi connectivity index (χ0) is 9.26. The summed E-state index contributed by atoms with van der Waals surface area (Å²) in [6, 6.07) is 7.87. The lowest BCUT2D eigenvalue weighted by Crippen LogP contribution is -2.15. The van der Waals surface area contributed by atoms with Crippen molar-refractivity contribution in [3.05, 3.63) is 46.7 Å². The molecule has 1 aliphatic heterocycles. The fourth-order valence-electron chi connectivity index (χ4n) is 1.49. The van der Waals surface area contributed by atoms with E-state index in [-0.39, 0.29) is 0 Å². The normalized spacial score (nSPS) is 21.0. The first-order valence-electron chi connectivity index (χ1n) is 4.22. The highest BCUT2D eigenvalue weighted by molar-refractivity contribution is 6.30. The second-order valence-electron chi connectivity index (χ2n) is 3.16. The fourth-order valence-corrected chi connectivity index (χ4v) is 1.61. The highest BCUT2D eigenvalue weighted by atomic mass is 35.5. The van der Waals surface area contributed by atoms with Gasteiger partial charge in [-0.3, -0.25) is 0 Å². The van der Waals surface area contributed by atoms with Gasteiger partial charge in [0.1, 0.15) is 0 Å². The topological polar surface area (TPSA) is 38.0 Å². The molecule has 0 aromatic heterocycles. The molecule has 3 N–H and O–H groups in total. The van der Waals surface area contributed by atoms with Crippen LogP contribution in [0.15, 0.2) is 36.2 Å². The molecule has 0 aliphatic carbocycles. The molecule has 1 atom stereocenters. The summed E-state index contributed by atoms with van der Waals surface area (Å²) in [5.41, 5.74) is 6.86. The summed E-state index contributed by atoms with van der Waals surface area (Å²) >= 11 is 5.79. The molecule has 1 aromatic rings. The predicted molar refractivity (Wildman–Crippen MR) is 54.5 cm³/mol. The lowest BCUT2D eigenvalue weighted by molar-refractivity contribution is 0.791. The Kier molecular flexibility index (Phi) is 2.15. The van der Waals surface area contributed by atoms with Crippen LogP contribution < -0.4 is 11.1 Å². The molecule has 1 unspecified atom stereocenters. The van der Waals surface area contributed by atoms with Gasteiger partial charge in [-0.1, -0.05) is 23.7 Å². The van der Waals surface area contributed by atoms with Gasteiger partial charge in [0, 0.05) is 17.5 Å². The first kappa shape index (κ1) is 8.45. The van der Waals surface area contributed by atoms with Crippen LogP contribution in [0.1, 0.15) is 11.5 Å². The summed E-state index contributed by atoms with van der Waals surface area (Å²) in [7, 11) is 0. The number of nitrogens with one attached hydrogen (secondary N) is 1. The molecular formula is C10H11ClN2. The van der Waals surface area contributed by atoms with Gasteiger partial charge in [0.05, 0.1) is 5.82 Å². The lowest BCUT2D eigenvalue weighted by atomic mass is 10.0. The molecule has 0 amide bonds. The Balaban J connectivity index is 2.22. The van der Waals surface area contributed by atoms with E-state index in [1.807, 2.05) is 30.3 Å². The maximum atomic E-state index is 5.79. The van der Waals surface area contributed by atoms with Gasteiger partial charge in [0.25, 0.3) is 0 Å². The molecular weight excluding hydrogens is 184 g/mol. The van der Waals surface area contributed by atoms with Crippen molar-refractivity contribution >= 4 is 11.6 Å². The van der Waals surface area contributed by atoms with Crippen LogP contribution in [0.3, 0.4) is 0 Å². The van der Waals surface area contributed by atoms with Crippen LogP contribution in [0.4, 0.5) is 0 Å². The Morgan fingerprint density at radius 3 is 2.54 bits per heavy atom. The second kappa shape index (κ2) is 3.30. The fraction of sp³-hybridized carbons (Fsp3) is 0.200. The third kappa shape index (κ3) is 1.78. The van der Waals surface area contributed by atoms with Crippen molar-refractivity contribution in [2.45, 2.75) is 5.92 Å². The smallest absolute Gasteiger partial charge is 0.0926 e. The van der Waals surface area contributed by atoms with Gasteiger partial charge in [-0.2, -0.15) is 0 Å². The van der Waals surface area contributed by atoms with E-state index in [0.29, 0.717) is 5.92 Å². The Bertz CT molecular complexity index is 329. The van der Waals surface area contributed by atoms with E-state index in [9.17, 15) is 0 Å². The standard InChI is InChI=1S/C10H11ClN2/c11-9-3-1-7(2-4-9)8-5-10(12)13-6-8/h1-5,8,13H,6,12H2. The Labute approximate surface area is 82.4 Å². The molecule has 1 aromatic carbocycles. The van der Waals surface area contributed by atoms with Crippen molar-refractivity contribution in [2.24, 2.45) is 5.73 Å². The molecule has 1 aliphatic rings. The summed E-state index contributed by atoms with van der Waals surface area (Å²) in [5.74, 6) is 1.15. The maximum Gasteiger partial charge on any atom is 0.0926 e. The van der Waals surface area contributed by atoms with Gasteiger partial charge in [0.15, 0.2) is 0 Å². The summed E-state index contributed by atoms with van der Waals surface area (Å²) < 4.78 is 0. The quantitative estimate of drug-likeness (QED) is 0.716. The number of rotatable bonds is 1. The van der Waals surface area contributed by atoms with E-state index in [1.165, 1.54) is 5.56 Å². The maximum absolute atomic E-state index is 5.79. The highest BCUT2D eigenvalue weighted by Crippen LogP contribution is 2.22. The van der Waals surface area contributed by atoms with Crippen LogP contribution in [0.5, 0.6) is 0 Å². The van der Waals surface area contributed by atoms with E-state index in [2.05, 4.69) is 5.32 Å². The van der Waals surface area contributed by atoms with Crippen LogP contribution in [-0.2, 0) is 0 Å². The van der Waals surface area contributed by atoms with Gasteiger partial charge in [-0.05, 0) is 23.8 Å². The predicted octanol–water partition coefficient (Wildman–Crippen LogP) is 1.83. The molecule has 2 nitrogen and oxygen atoms in total. The van der Waals surface area contributed by atoms with Crippen molar-refractivity contribution < 1.29 is 0 Å². The molecule has 68 valence electrons. The largest absolute Gasteiger partial charge is 0.386 e. The molecule has 1 heterocycles. The van der Waals surface area contributed by atoms with E-state index in [0.717, 1.165) is 17.4 Å². The Morgan fingerprint density at radius 2 is 2.00 bits per heavy atom. The second-order valence-corrected chi connectivity index (χ2v) is 3.60. The Morgan fingerprint density at radius 1 is 1.31 bits per heavy atom. The van der Waals surface area contributed by atoms with E-state index in [1.54, 1.807) is 0 Å². The highest BCUT2D eigenvalue weighted by Gasteiger charge is 2.14. The van der Waals surface area contributed by atoms with Gasteiger partial charge >= 0.3 is 0 Å². The molecule has 0 fully saturated rings. The minimum absolute atomic E-state index is 0.386. The minimum Gasteiger partial charge on any atom is -0.386 e. The summed E-state index contributed by atoms with van der Waals surface area (Å²) in [5, 5.41) is 3.86. The van der Waals surface area contributed by atoms with Crippen molar-refractivity contribution in [3.8, 4) is 0 Å². The van der Waals surface area contributed by atoms with Gasteiger partial charge in [-0.15, -0.1) is 0 Å². The van der Waals surface area contributed by atoms with Gasteiger partial charge in [0.2, 0.25) is 0 Å². The van der Waals surface area contributed by atoms with Crippen molar-refractivity contribution in [2.75, 3.05) is 6.54 Å². The lowest BCUT2D eigenvalue weighted by Gasteiger charge is -2.06. The molecule has 0 saturated heterocycles. The Hall–Kier alpha value is -1.15. The molecule has 0 radical (unpaired) electrons. The third-order valence-corrected chi connectivity index (χ3v) is 2.46. The van der Waals surface area contributed by atoms with E-state index < -0.39 is 0 Å². The molecule has 0 bridgehead atoms. The first-order valence-corrected chi connectivity index (χ1v) is 4.60. The van der Waals surface area contributed by atoms with E-state index >= 15 is 0 Å². The number of hydrogen-bond donors (Lipinski definition) is 2. The SMILES string of the molecule is NC1=CC(c2ccc(Cl)cc2)CN1. The molecule has 13 heavy (non-hydrogen) atoms. The van der Waals surface area contributed by atoms with Crippen molar-refractivity contribution in [3.63, 3.8) is 0 Å². The number of hydrogen-bond acceptors (Lipinski definition) is 2. The first-order chi connectivity index (χ1) is 6.25. The van der Waals surface area contributed by atoms with Crippen molar-refractivity contribution in [1.82, 2.24) is 5.32 Å². The molecule has 0 saturated carbocycles. The number of nitrogens with two attached hydrogens (primary N) is 1. The van der Waals surface area contributed by atoms with Crippen LogP contribution in [0, 0.1) is 0 Å². The van der Waals surface area contributed by atoms with Gasteiger partial charge < -0.3 is 11.1 Å². The average Bonchev–Trinajstić information content (AvgIpc) is 2.53. The number of benzene rings is 1. The average molecular weight is 195 g/mol. The third-order valence-electron chi connectivity index (χ3n) is 2.20. The molecule has 2 rings (SSSR count). The summed E-state index contributed by atoms with van der Waals surface area (Å²) in [4.78, 5) is 0. The van der Waals surface area contributed by atoms with Crippen LogP contribution >= 0.6 is 11.6 Å². The summed E-state index contributed by atoms with van der Waals surface area (Å²) in [6.07, 6.45) is 2.03. The zero-order valence-corrected chi connectivity index (χ0v) is 7.88. The number of halogens is 1. The zero-order valence-electron chi connectivity index (χ0n) is 7.13.